The van der Waals surface area contributed by atoms with Crippen molar-refractivity contribution in [2.45, 2.75) is 26.2 Å². The van der Waals surface area contributed by atoms with Crippen molar-refractivity contribution >= 4 is 17.1 Å². The summed E-state index contributed by atoms with van der Waals surface area (Å²) in [6.45, 7) is 4.18. The Morgan fingerprint density at radius 3 is 1.42 bits per heavy atom. The van der Waals surface area contributed by atoms with Crippen molar-refractivity contribution in [3.63, 3.8) is 0 Å². The van der Waals surface area contributed by atoms with E-state index in [-0.39, 0.29) is 5.69 Å². The van der Waals surface area contributed by atoms with Gasteiger partial charge in [0.25, 0.3) is 0 Å². The SMILES string of the molecule is CCC(C)c1ccc(-c2ccc(Nc3c(F)c(F)c(-c4c(F)c(F)c(N)c(F)c4F)c(F)c3F)cc2)cc1. The van der Waals surface area contributed by atoms with E-state index in [2.05, 4.69) is 19.2 Å². The highest BCUT2D eigenvalue weighted by atomic mass is 19.2. The van der Waals surface area contributed by atoms with E-state index in [0.29, 0.717) is 5.92 Å². The van der Waals surface area contributed by atoms with Crippen LogP contribution in [-0.4, -0.2) is 0 Å². The van der Waals surface area contributed by atoms with Gasteiger partial charge in [0, 0.05) is 5.69 Å². The molecule has 0 heterocycles. The second kappa shape index (κ2) is 10.4. The molecule has 0 aliphatic heterocycles. The summed E-state index contributed by atoms with van der Waals surface area (Å²) in [6.07, 6.45) is 0.979. The smallest absolute Gasteiger partial charge is 0.186 e. The Balaban J connectivity index is 1.70. The predicted octanol–water partition coefficient (Wildman–Crippen LogP) is 8.97. The van der Waals surface area contributed by atoms with Gasteiger partial charge in [-0.05, 0) is 41.2 Å². The number of nitrogen functional groups attached to an aromatic ring is 1. The van der Waals surface area contributed by atoms with E-state index >= 15 is 0 Å². The molecule has 2 nitrogen and oxygen atoms in total. The van der Waals surface area contributed by atoms with E-state index in [1.165, 1.54) is 12.1 Å². The van der Waals surface area contributed by atoms with Crippen molar-refractivity contribution in [1.82, 2.24) is 0 Å². The Morgan fingerprint density at radius 2 is 1.00 bits per heavy atom. The van der Waals surface area contributed by atoms with Crippen LogP contribution in [0.15, 0.2) is 48.5 Å². The zero-order valence-electron chi connectivity index (χ0n) is 20.0. The zero-order chi connectivity index (χ0) is 27.9. The summed E-state index contributed by atoms with van der Waals surface area (Å²) in [4.78, 5) is 0. The molecule has 0 aromatic heterocycles. The van der Waals surface area contributed by atoms with Crippen LogP contribution >= 0.6 is 0 Å². The van der Waals surface area contributed by atoms with Crippen molar-refractivity contribution in [1.29, 1.82) is 0 Å². The molecule has 4 aromatic rings. The molecule has 198 valence electrons. The summed E-state index contributed by atoms with van der Waals surface area (Å²) in [5.41, 5.74) is 0.816. The predicted molar refractivity (Wildman–Crippen MR) is 130 cm³/mol. The molecule has 0 amide bonds. The lowest BCUT2D eigenvalue weighted by Crippen LogP contribution is -2.11. The van der Waals surface area contributed by atoms with E-state index in [0.717, 1.165) is 23.1 Å². The molecule has 38 heavy (non-hydrogen) atoms. The Labute approximate surface area is 212 Å². The summed E-state index contributed by atoms with van der Waals surface area (Å²) in [5, 5.41) is 2.19. The van der Waals surface area contributed by atoms with Gasteiger partial charge in [-0.25, -0.2) is 35.1 Å². The van der Waals surface area contributed by atoms with Crippen molar-refractivity contribution in [2.75, 3.05) is 11.1 Å². The number of rotatable bonds is 6. The number of hydrogen-bond acceptors (Lipinski definition) is 2. The molecule has 0 aliphatic rings. The number of hydrogen-bond donors (Lipinski definition) is 2. The van der Waals surface area contributed by atoms with E-state index in [4.69, 9.17) is 5.73 Å². The van der Waals surface area contributed by atoms with Gasteiger partial charge in [0.05, 0.1) is 11.1 Å². The van der Waals surface area contributed by atoms with Crippen LogP contribution in [0.1, 0.15) is 31.7 Å². The van der Waals surface area contributed by atoms with Gasteiger partial charge in [-0.3, -0.25) is 0 Å². The molecule has 0 fully saturated rings. The van der Waals surface area contributed by atoms with Crippen LogP contribution in [0.5, 0.6) is 0 Å². The molecule has 3 N–H and O–H groups in total. The highest BCUT2D eigenvalue weighted by molar-refractivity contribution is 5.74. The van der Waals surface area contributed by atoms with E-state index in [9.17, 15) is 35.1 Å². The second-order valence-corrected chi connectivity index (χ2v) is 8.68. The maximum atomic E-state index is 14.8. The van der Waals surface area contributed by atoms with Gasteiger partial charge < -0.3 is 11.1 Å². The molecule has 1 unspecified atom stereocenters. The molecule has 4 rings (SSSR count). The minimum Gasteiger partial charge on any atom is -0.394 e. The third-order valence-corrected chi connectivity index (χ3v) is 6.39. The third-order valence-electron chi connectivity index (χ3n) is 6.39. The molecule has 0 bridgehead atoms. The first kappa shape index (κ1) is 27.0. The van der Waals surface area contributed by atoms with Crippen molar-refractivity contribution < 1.29 is 35.1 Å². The van der Waals surface area contributed by atoms with Gasteiger partial charge in [-0.2, -0.15) is 0 Å². The average Bonchev–Trinajstić information content (AvgIpc) is 2.94. The van der Waals surface area contributed by atoms with Gasteiger partial charge in [-0.15, -0.1) is 0 Å². The number of anilines is 3. The number of nitrogens with one attached hydrogen (secondary N) is 1. The van der Waals surface area contributed by atoms with Gasteiger partial charge in [0.2, 0.25) is 0 Å². The minimum atomic E-state index is -2.31. The highest BCUT2D eigenvalue weighted by Gasteiger charge is 2.33. The summed E-state index contributed by atoms with van der Waals surface area (Å²) in [7, 11) is 0. The molecule has 1 atom stereocenters. The summed E-state index contributed by atoms with van der Waals surface area (Å²) >= 11 is 0. The molecule has 0 aliphatic carbocycles. The standard InChI is InChI=1S/C28H20F8N2/c1-3-12(2)13-4-6-14(7-5-13)15-8-10-16(11-9-15)38-28-25(35)21(31)18(22(32)26(28)36)17-19(29)23(33)27(37)24(34)20(17)30/h4-12,38H,3,37H2,1-2H3. The first-order chi connectivity index (χ1) is 18.0. The van der Waals surface area contributed by atoms with Crippen LogP contribution in [0.2, 0.25) is 0 Å². The van der Waals surface area contributed by atoms with E-state index < -0.39 is 69.0 Å². The lowest BCUT2D eigenvalue weighted by atomic mass is 9.96. The fraction of sp³-hybridized carbons (Fsp3) is 0.143. The third kappa shape index (κ3) is 4.55. The van der Waals surface area contributed by atoms with Crippen molar-refractivity contribution in [3.8, 4) is 22.3 Å². The molecule has 0 saturated heterocycles. The number of nitrogens with two attached hydrogens (primary N) is 1. The average molecular weight is 536 g/mol. The van der Waals surface area contributed by atoms with Crippen LogP contribution in [0.4, 0.5) is 52.2 Å². The fourth-order valence-corrected chi connectivity index (χ4v) is 3.96. The van der Waals surface area contributed by atoms with Gasteiger partial charge in [0.15, 0.2) is 46.5 Å². The topological polar surface area (TPSA) is 38.0 Å². The monoisotopic (exact) mass is 536 g/mol. The molecule has 4 aromatic carbocycles. The van der Waals surface area contributed by atoms with Gasteiger partial charge >= 0.3 is 0 Å². The Morgan fingerprint density at radius 1 is 0.605 bits per heavy atom. The van der Waals surface area contributed by atoms with Crippen LogP contribution in [0.25, 0.3) is 22.3 Å². The second-order valence-electron chi connectivity index (χ2n) is 8.68. The van der Waals surface area contributed by atoms with Crippen molar-refractivity contribution in [3.05, 3.63) is 101 Å². The largest absolute Gasteiger partial charge is 0.394 e. The Kier molecular flexibility index (Phi) is 7.35. The Bertz CT molecular complexity index is 1460. The molecule has 0 radical (unpaired) electrons. The number of halogens is 8. The minimum absolute atomic E-state index is 0.0243. The van der Waals surface area contributed by atoms with Crippen LogP contribution in [-0.2, 0) is 0 Å². The summed E-state index contributed by atoms with van der Waals surface area (Å²) in [6, 6.07) is 13.8. The van der Waals surface area contributed by atoms with E-state index in [1.54, 1.807) is 12.1 Å². The highest BCUT2D eigenvalue weighted by Crippen LogP contribution is 2.40. The normalized spacial score (nSPS) is 12.1. The summed E-state index contributed by atoms with van der Waals surface area (Å²) < 4.78 is 115. The summed E-state index contributed by atoms with van der Waals surface area (Å²) in [5.74, 6) is -17.3. The van der Waals surface area contributed by atoms with Crippen LogP contribution in [0, 0.1) is 46.5 Å². The lowest BCUT2D eigenvalue weighted by Gasteiger charge is -2.16. The maximum Gasteiger partial charge on any atom is 0.186 e. The fourth-order valence-electron chi connectivity index (χ4n) is 3.96. The van der Waals surface area contributed by atoms with Crippen molar-refractivity contribution in [2.24, 2.45) is 0 Å². The molecule has 0 saturated carbocycles. The lowest BCUT2D eigenvalue weighted by molar-refractivity contribution is 0.447. The number of benzene rings is 4. The quantitative estimate of drug-likeness (QED) is 0.147. The first-order valence-corrected chi connectivity index (χ1v) is 11.4. The zero-order valence-corrected chi connectivity index (χ0v) is 20.0. The molecule has 10 heteroatoms. The maximum absolute atomic E-state index is 14.8. The Hall–Kier alpha value is -4.08. The van der Waals surface area contributed by atoms with Crippen LogP contribution < -0.4 is 11.1 Å². The first-order valence-electron chi connectivity index (χ1n) is 11.4. The van der Waals surface area contributed by atoms with E-state index in [1.807, 2.05) is 24.3 Å². The van der Waals surface area contributed by atoms with Gasteiger partial charge in [-0.1, -0.05) is 50.2 Å². The van der Waals surface area contributed by atoms with Gasteiger partial charge in [0.1, 0.15) is 11.4 Å². The van der Waals surface area contributed by atoms with Crippen LogP contribution in [0.3, 0.4) is 0 Å². The molecular formula is C28H20F8N2. The molecule has 0 spiro atoms. The molecular weight excluding hydrogens is 516 g/mol.